The van der Waals surface area contributed by atoms with E-state index in [0.717, 1.165) is 5.56 Å². The number of hydrogen-bond acceptors (Lipinski definition) is 2. The molecule has 3 heteroatoms. The van der Waals surface area contributed by atoms with Crippen molar-refractivity contribution in [1.82, 2.24) is 0 Å². The zero-order chi connectivity index (χ0) is 11.7. The molecule has 0 radical (unpaired) electrons. The molecular weight excluding hydrogens is 236 g/mol. The predicted octanol–water partition coefficient (Wildman–Crippen LogP) is 3.49. The van der Waals surface area contributed by atoms with Crippen molar-refractivity contribution in [3.05, 3.63) is 48.0 Å². The van der Waals surface area contributed by atoms with Gasteiger partial charge in [-0.05, 0) is 16.8 Å². The van der Waals surface area contributed by atoms with Crippen molar-refractivity contribution in [3.8, 4) is 0 Å². The number of hydrogen-bond donors (Lipinski definition) is 0. The Bertz CT molecular complexity index is 526. The highest BCUT2D eigenvalue weighted by molar-refractivity contribution is 6.18. The molecular formula is C14H13ClO2. The van der Waals surface area contributed by atoms with Crippen molar-refractivity contribution in [2.24, 2.45) is 0 Å². The molecule has 17 heavy (non-hydrogen) atoms. The van der Waals surface area contributed by atoms with Crippen LogP contribution in [0.4, 0.5) is 0 Å². The smallest absolute Gasteiger partial charge is 0.184 e. The van der Waals surface area contributed by atoms with Crippen LogP contribution in [0.3, 0.4) is 0 Å². The molecule has 1 aliphatic heterocycles. The largest absolute Gasteiger partial charge is 0.346 e. The Morgan fingerprint density at radius 3 is 2.71 bits per heavy atom. The Labute approximate surface area is 105 Å². The van der Waals surface area contributed by atoms with E-state index in [-0.39, 0.29) is 12.4 Å². The van der Waals surface area contributed by atoms with Crippen LogP contribution in [0.15, 0.2) is 42.5 Å². The minimum atomic E-state index is -0.275. The van der Waals surface area contributed by atoms with Gasteiger partial charge in [-0.15, -0.1) is 11.6 Å². The van der Waals surface area contributed by atoms with Gasteiger partial charge in [0.15, 0.2) is 6.29 Å². The van der Waals surface area contributed by atoms with Crippen molar-refractivity contribution in [2.75, 3.05) is 12.5 Å². The fourth-order valence-corrected chi connectivity index (χ4v) is 2.22. The van der Waals surface area contributed by atoms with Crippen LogP contribution in [0.25, 0.3) is 10.8 Å². The summed E-state index contributed by atoms with van der Waals surface area (Å²) in [7, 11) is 0. The Morgan fingerprint density at radius 1 is 1.12 bits per heavy atom. The molecule has 88 valence electrons. The second-order valence-corrected chi connectivity index (χ2v) is 4.49. The maximum absolute atomic E-state index is 5.75. The van der Waals surface area contributed by atoms with Crippen LogP contribution in [0.2, 0.25) is 0 Å². The number of rotatable bonds is 2. The first kappa shape index (κ1) is 11.0. The van der Waals surface area contributed by atoms with Gasteiger partial charge in [0.2, 0.25) is 0 Å². The molecule has 1 saturated heterocycles. The molecule has 0 saturated carbocycles. The van der Waals surface area contributed by atoms with Crippen molar-refractivity contribution < 1.29 is 9.47 Å². The Hall–Kier alpha value is -1.09. The van der Waals surface area contributed by atoms with E-state index in [9.17, 15) is 0 Å². The van der Waals surface area contributed by atoms with Gasteiger partial charge in [-0.2, -0.15) is 0 Å². The van der Waals surface area contributed by atoms with Gasteiger partial charge in [-0.1, -0.05) is 36.4 Å². The molecule has 1 fully saturated rings. The molecule has 2 nitrogen and oxygen atoms in total. The normalized spacial score (nSPS) is 24.3. The Balaban J connectivity index is 1.91. The fourth-order valence-electron chi connectivity index (χ4n) is 2.06. The van der Waals surface area contributed by atoms with Gasteiger partial charge >= 0.3 is 0 Å². The van der Waals surface area contributed by atoms with Crippen LogP contribution in [0.5, 0.6) is 0 Å². The Kier molecular flexibility index (Phi) is 3.02. The molecule has 1 heterocycles. The maximum Gasteiger partial charge on any atom is 0.184 e. The quantitative estimate of drug-likeness (QED) is 0.758. The van der Waals surface area contributed by atoms with E-state index >= 15 is 0 Å². The third-order valence-corrected chi connectivity index (χ3v) is 3.31. The first-order chi connectivity index (χ1) is 8.36. The molecule has 0 spiro atoms. The van der Waals surface area contributed by atoms with E-state index in [1.165, 1.54) is 10.8 Å². The lowest BCUT2D eigenvalue weighted by Crippen LogP contribution is -2.10. The van der Waals surface area contributed by atoms with Crippen LogP contribution in [-0.2, 0) is 9.47 Å². The second-order valence-electron chi connectivity index (χ2n) is 4.18. The number of alkyl halides is 1. The van der Waals surface area contributed by atoms with Crippen molar-refractivity contribution in [3.63, 3.8) is 0 Å². The molecule has 0 bridgehead atoms. The van der Waals surface area contributed by atoms with E-state index < -0.39 is 0 Å². The summed E-state index contributed by atoms with van der Waals surface area (Å²) >= 11 is 5.75. The molecule has 2 aromatic carbocycles. The summed E-state index contributed by atoms with van der Waals surface area (Å²) in [4.78, 5) is 0. The van der Waals surface area contributed by atoms with Crippen molar-refractivity contribution >= 4 is 22.4 Å². The van der Waals surface area contributed by atoms with Gasteiger partial charge in [0.05, 0.1) is 18.6 Å². The molecule has 0 aromatic heterocycles. The van der Waals surface area contributed by atoms with E-state index in [2.05, 4.69) is 24.3 Å². The van der Waals surface area contributed by atoms with Crippen LogP contribution in [0, 0.1) is 0 Å². The standard InChI is InChI=1S/C14H13ClO2/c15-8-13-9-16-14(17-13)12-6-5-10-3-1-2-4-11(10)7-12/h1-7,13-14H,8-9H2/t13-,14-/m1/s1. The molecule has 0 amide bonds. The minimum absolute atomic E-state index is 0.00753. The number of fused-ring (bicyclic) bond motifs is 1. The summed E-state index contributed by atoms with van der Waals surface area (Å²) in [6, 6.07) is 14.5. The summed E-state index contributed by atoms with van der Waals surface area (Å²) in [5.41, 5.74) is 1.05. The second kappa shape index (κ2) is 4.65. The lowest BCUT2D eigenvalue weighted by atomic mass is 10.1. The fraction of sp³-hybridized carbons (Fsp3) is 0.286. The Morgan fingerprint density at radius 2 is 1.94 bits per heavy atom. The number of ether oxygens (including phenoxy) is 2. The summed E-state index contributed by atoms with van der Waals surface area (Å²) in [6.07, 6.45) is -0.267. The molecule has 0 N–H and O–H groups in total. The van der Waals surface area contributed by atoms with E-state index in [1.807, 2.05) is 18.2 Å². The molecule has 0 aliphatic carbocycles. The summed E-state index contributed by atoms with van der Waals surface area (Å²) in [6.45, 7) is 0.570. The van der Waals surface area contributed by atoms with Crippen LogP contribution < -0.4 is 0 Å². The zero-order valence-corrected chi connectivity index (χ0v) is 10.1. The van der Waals surface area contributed by atoms with E-state index in [4.69, 9.17) is 21.1 Å². The van der Waals surface area contributed by atoms with E-state index in [1.54, 1.807) is 0 Å². The number of benzene rings is 2. The third kappa shape index (κ3) is 2.16. The van der Waals surface area contributed by atoms with Crippen LogP contribution >= 0.6 is 11.6 Å². The van der Waals surface area contributed by atoms with Gasteiger partial charge in [-0.25, -0.2) is 0 Å². The molecule has 1 aliphatic rings. The van der Waals surface area contributed by atoms with Gasteiger partial charge in [0, 0.05) is 5.56 Å². The highest BCUT2D eigenvalue weighted by Crippen LogP contribution is 2.29. The third-order valence-electron chi connectivity index (χ3n) is 2.97. The summed E-state index contributed by atoms with van der Waals surface area (Å²) < 4.78 is 11.3. The van der Waals surface area contributed by atoms with Gasteiger partial charge in [-0.3, -0.25) is 0 Å². The monoisotopic (exact) mass is 248 g/mol. The lowest BCUT2D eigenvalue weighted by molar-refractivity contribution is -0.0566. The SMILES string of the molecule is ClC[C@@H]1CO[C@@H](c2ccc3ccccc3c2)O1. The summed E-state index contributed by atoms with van der Waals surface area (Å²) in [5.74, 6) is 0.476. The minimum Gasteiger partial charge on any atom is -0.346 e. The van der Waals surface area contributed by atoms with Gasteiger partial charge in [0.1, 0.15) is 0 Å². The highest BCUT2D eigenvalue weighted by atomic mass is 35.5. The van der Waals surface area contributed by atoms with E-state index in [0.29, 0.717) is 12.5 Å². The van der Waals surface area contributed by atoms with Crippen molar-refractivity contribution in [2.45, 2.75) is 12.4 Å². The summed E-state index contributed by atoms with van der Waals surface area (Å²) in [5, 5.41) is 2.43. The molecule has 2 aromatic rings. The van der Waals surface area contributed by atoms with Crippen LogP contribution in [0.1, 0.15) is 11.9 Å². The van der Waals surface area contributed by atoms with Crippen LogP contribution in [-0.4, -0.2) is 18.6 Å². The lowest BCUT2D eigenvalue weighted by Gasteiger charge is -2.11. The first-order valence-corrected chi connectivity index (χ1v) is 6.22. The average Bonchev–Trinajstić information content (AvgIpc) is 2.87. The molecule has 0 unspecified atom stereocenters. The zero-order valence-electron chi connectivity index (χ0n) is 9.30. The molecule has 3 rings (SSSR count). The molecule has 2 atom stereocenters. The first-order valence-electron chi connectivity index (χ1n) is 5.68. The van der Waals surface area contributed by atoms with Crippen molar-refractivity contribution in [1.29, 1.82) is 0 Å². The average molecular weight is 249 g/mol. The van der Waals surface area contributed by atoms with Gasteiger partial charge < -0.3 is 9.47 Å². The predicted molar refractivity (Wildman–Crippen MR) is 68.2 cm³/mol. The number of halogens is 1. The topological polar surface area (TPSA) is 18.5 Å². The highest BCUT2D eigenvalue weighted by Gasteiger charge is 2.26. The van der Waals surface area contributed by atoms with Gasteiger partial charge in [0.25, 0.3) is 0 Å². The maximum atomic E-state index is 5.75.